The van der Waals surface area contributed by atoms with Crippen molar-refractivity contribution in [1.82, 2.24) is 9.97 Å². The molecule has 0 aliphatic rings. The van der Waals surface area contributed by atoms with Crippen LogP contribution in [0.1, 0.15) is 30.5 Å². The number of hydrogen-bond acceptors (Lipinski definition) is 3. The Kier molecular flexibility index (Phi) is 4.74. The first kappa shape index (κ1) is 13.8. The van der Waals surface area contributed by atoms with E-state index in [1.807, 2.05) is 0 Å². The molecule has 0 unspecified atom stereocenters. The highest BCUT2D eigenvalue weighted by molar-refractivity contribution is 6.30. The smallest absolute Gasteiger partial charge is 0.137 e. The van der Waals surface area contributed by atoms with E-state index in [2.05, 4.69) is 53.4 Å². The van der Waals surface area contributed by atoms with Gasteiger partial charge in [0.1, 0.15) is 17.3 Å². The van der Waals surface area contributed by atoms with Crippen LogP contribution < -0.4 is 5.32 Å². The molecule has 3 nitrogen and oxygen atoms in total. The molecule has 0 aliphatic heterocycles. The number of aromatic nitrogens is 2. The maximum absolute atomic E-state index is 6.08. The van der Waals surface area contributed by atoms with Crippen LogP contribution in [-0.2, 0) is 19.4 Å². The van der Waals surface area contributed by atoms with E-state index in [0.29, 0.717) is 5.15 Å². The van der Waals surface area contributed by atoms with Crippen molar-refractivity contribution in [2.24, 2.45) is 0 Å². The summed E-state index contributed by atoms with van der Waals surface area (Å²) in [5.41, 5.74) is 3.62. The van der Waals surface area contributed by atoms with Gasteiger partial charge in [-0.25, -0.2) is 9.97 Å². The first-order chi connectivity index (χ1) is 9.26. The second-order valence-electron chi connectivity index (χ2n) is 4.32. The largest absolute Gasteiger partial charge is 0.366 e. The molecule has 1 aromatic heterocycles. The molecule has 0 bridgehead atoms. The maximum atomic E-state index is 6.08. The molecule has 0 saturated heterocycles. The number of aryl methyl sites for hydroxylation is 1. The van der Waals surface area contributed by atoms with E-state index in [-0.39, 0.29) is 0 Å². The van der Waals surface area contributed by atoms with Gasteiger partial charge >= 0.3 is 0 Å². The molecule has 0 atom stereocenters. The molecular weight excluding hydrogens is 258 g/mol. The Morgan fingerprint density at radius 1 is 1.05 bits per heavy atom. The van der Waals surface area contributed by atoms with Gasteiger partial charge in [0.25, 0.3) is 0 Å². The fourth-order valence-corrected chi connectivity index (χ4v) is 2.38. The average molecular weight is 276 g/mol. The fourth-order valence-electron chi connectivity index (χ4n) is 2.11. The lowest BCUT2D eigenvalue weighted by atomic mass is 10.1. The Morgan fingerprint density at radius 2 is 1.79 bits per heavy atom. The molecule has 19 heavy (non-hydrogen) atoms. The lowest BCUT2D eigenvalue weighted by molar-refractivity contribution is 0.993. The molecule has 0 amide bonds. The van der Waals surface area contributed by atoms with Crippen molar-refractivity contribution in [3.8, 4) is 0 Å². The highest BCUT2D eigenvalue weighted by Crippen LogP contribution is 2.21. The Hall–Kier alpha value is -1.61. The van der Waals surface area contributed by atoms with Crippen LogP contribution in [-0.4, -0.2) is 9.97 Å². The number of anilines is 1. The van der Waals surface area contributed by atoms with Gasteiger partial charge in [0.15, 0.2) is 0 Å². The van der Waals surface area contributed by atoms with Crippen LogP contribution in [0, 0.1) is 0 Å². The monoisotopic (exact) mass is 275 g/mol. The normalized spacial score (nSPS) is 10.5. The Balaban J connectivity index is 2.17. The van der Waals surface area contributed by atoms with Crippen molar-refractivity contribution in [2.45, 2.75) is 33.2 Å². The molecule has 4 heteroatoms. The third kappa shape index (κ3) is 3.24. The summed E-state index contributed by atoms with van der Waals surface area (Å²) in [7, 11) is 0. The zero-order chi connectivity index (χ0) is 13.7. The van der Waals surface area contributed by atoms with Gasteiger partial charge in [-0.3, -0.25) is 0 Å². The van der Waals surface area contributed by atoms with Gasteiger partial charge in [0.05, 0.1) is 0 Å². The summed E-state index contributed by atoms with van der Waals surface area (Å²) < 4.78 is 0. The summed E-state index contributed by atoms with van der Waals surface area (Å²) in [4.78, 5) is 8.29. The summed E-state index contributed by atoms with van der Waals surface area (Å²) in [6.45, 7) is 4.97. The van der Waals surface area contributed by atoms with Crippen molar-refractivity contribution in [3.05, 3.63) is 52.4 Å². The van der Waals surface area contributed by atoms with Gasteiger partial charge in [0.2, 0.25) is 0 Å². The van der Waals surface area contributed by atoms with Crippen molar-refractivity contribution in [1.29, 1.82) is 0 Å². The molecule has 100 valence electrons. The Bertz CT molecular complexity index is 555. The van der Waals surface area contributed by atoms with Gasteiger partial charge in [-0.05, 0) is 24.0 Å². The second kappa shape index (κ2) is 6.53. The standard InChI is InChI=1S/C15H18ClN3/c1-3-11-7-5-6-8-12(11)9-17-15-13(4-2)14(16)18-10-19-15/h5-8,10H,3-4,9H2,1-2H3,(H,17,18,19). The van der Waals surface area contributed by atoms with Crippen molar-refractivity contribution in [2.75, 3.05) is 5.32 Å². The van der Waals surface area contributed by atoms with Crippen LogP contribution in [0.5, 0.6) is 0 Å². The van der Waals surface area contributed by atoms with Crippen LogP contribution in [0.2, 0.25) is 5.15 Å². The number of benzene rings is 1. The summed E-state index contributed by atoms with van der Waals surface area (Å²) >= 11 is 6.08. The molecule has 0 saturated carbocycles. The summed E-state index contributed by atoms with van der Waals surface area (Å²) in [5, 5.41) is 3.89. The lowest BCUT2D eigenvalue weighted by Crippen LogP contribution is -2.07. The summed E-state index contributed by atoms with van der Waals surface area (Å²) in [6, 6.07) is 8.43. The molecule has 1 N–H and O–H groups in total. The zero-order valence-corrected chi connectivity index (χ0v) is 12.0. The van der Waals surface area contributed by atoms with Crippen LogP contribution >= 0.6 is 11.6 Å². The Morgan fingerprint density at radius 3 is 2.47 bits per heavy atom. The average Bonchev–Trinajstić information content (AvgIpc) is 2.45. The molecule has 0 aliphatic carbocycles. The lowest BCUT2D eigenvalue weighted by Gasteiger charge is -2.12. The first-order valence-electron chi connectivity index (χ1n) is 6.56. The summed E-state index contributed by atoms with van der Waals surface area (Å²) in [6.07, 6.45) is 3.34. The minimum absolute atomic E-state index is 0.531. The first-order valence-corrected chi connectivity index (χ1v) is 6.94. The molecule has 1 heterocycles. The quantitative estimate of drug-likeness (QED) is 0.842. The molecule has 1 aromatic carbocycles. The minimum Gasteiger partial charge on any atom is -0.366 e. The minimum atomic E-state index is 0.531. The number of rotatable bonds is 5. The third-order valence-electron chi connectivity index (χ3n) is 3.19. The van der Waals surface area contributed by atoms with Gasteiger partial charge in [0, 0.05) is 12.1 Å². The third-order valence-corrected chi connectivity index (χ3v) is 3.52. The van der Waals surface area contributed by atoms with E-state index in [0.717, 1.165) is 30.8 Å². The Labute approximate surface area is 119 Å². The predicted molar refractivity (Wildman–Crippen MR) is 79.6 cm³/mol. The van der Waals surface area contributed by atoms with Crippen LogP contribution in [0.4, 0.5) is 5.82 Å². The van der Waals surface area contributed by atoms with Gasteiger partial charge in [-0.15, -0.1) is 0 Å². The fraction of sp³-hybridized carbons (Fsp3) is 0.333. The molecule has 0 radical (unpaired) electrons. The number of hydrogen-bond donors (Lipinski definition) is 1. The molecule has 0 spiro atoms. The number of nitrogens with zero attached hydrogens (tertiary/aromatic N) is 2. The predicted octanol–water partition coefficient (Wildman–Crippen LogP) is 3.87. The van der Waals surface area contributed by atoms with Crippen LogP contribution in [0.15, 0.2) is 30.6 Å². The highest BCUT2D eigenvalue weighted by atomic mass is 35.5. The second-order valence-corrected chi connectivity index (χ2v) is 4.68. The van der Waals surface area contributed by atoms with Crippen molar-refractivity contribution < 1.29 is 0 Å². The molecule has 0 fully saturated rings. The zero-order valence-electron chi connectivity index (χ0n) is 11.3. The molecule has 2 rings (SSSR count). The topological polar surface area (TPSA) is 37.8 Å². The van der Waals surface area contributed by atoms with Crippen LogP contribution in [0.25, 0.3) is 0 Å². The van der Waals surface area contributed by atoms with Gasteiger partial charge < -0.3 is 5.32 Å². The van der Waals surface area contributed by atoms with E-state index in [9.17, 15) is 0 Å². The number of nitrogens with one attached hydrogen (secondary N) is 1. The van der Waals surface area contributed by atoms with E-state index in [1.165, 1.54) is 17.5 Å². The van der Waals surface area contributed by atoms with Gasteiger partial charge in [-0.2, -0.15) is 0 Å². The van der Waals surface area contributed by atoms with E-state index >= 15 is 0 Å². The van der Waals surface area contributed by atoms with E-state index < -0.39 is 0 Å². The highest BCUT2D eigenvalue weighted by Gasteiger charge is 2.08. The van der Waals surface area contributed by atoms with Crippen LogP contribution in [0.3, 0.4) is 0 Å². The molecular formula is C15H18ClN3. The van der Waals surface area contributed by atoms with Crippen molar-refractivity contribution in [3.63, 3.8) is 0 Å². The maximum Gasteiger partial charge on any atom is 0.137 e. The molecule has 2 aromatic rings. The van der Waals surface area contributed by atoms with Gasteiger partial charge in [-0.1, -0.05) is 49.7 Å². The number of halogens is 1. The van der Waals surface area contributed by atoms with Crippen molar-refractivity contribution >= 4 is 17.4 Å². The van der Waals surface area contributed by atoms with E-state index in [4.69, 9.17) is 11.6 Å². The summed E-state index contributed by atoms with van der Waals surface area (Å²) in [5.74, 6) is 0.827. The SMILES string of the molecule is CCc1ccccc1CNc1ncnc(Cl)c1CC. The van der Waals surface area contributed by atoms with E-state index in [1.54, 1.807) is 0 Å².